The Balaban J connectivity index is 1.66. The maximum atomic E-state index is 13.0. The molecule has 3 nitrogen and oxygen atoms in total. The zero-order chi connectivity index (χ0) is 21.3. The molecule has 0 saturated carbocycles. The van der Waals surface area contributed by atoms with Crippen molar-refractivity contribution in [3.8, 4) is 11.5 Å². The third-order valence-electron chi connectivity index (χ3n) is 5.03. The molecule has 0 bridgehead atoms. The average molecular weight is 465 g/mol. The van der Waals surface area contributed by atoms with Crippen molar-refractivity contribution in [3.05, 3.63) is 99.3 Å². The van der Waals surface area contributed by atoms with E-state index in [1.165, 1.54) is 12.1 Å². The SMILES string of the molecule is CC1=C(CC(=O)O)c2cccc(Br)c2/C1=C/c1ccc(Oc2ccc(F)cc2)cc1. The molecule has 1 aliphatic rings. The summed E-state index contributed by atoms with van der Waals surface area (Å²) in [5, 5.41) is 9.33. The van der Waals surface area contributed by atoms with Crippen molar-refractivity contribution in [2.45, 2.75) is 13.3 Å². The summed E-state index contributed by atoms with van der Waals surface area (Å²) in [6.07, 6.45) is 2.03. The molecule has 150 valence electrons. The number of ether oxygens (including phenoxy) is 1. The van der Waals surface area contributed by atoms with Gasteiger partial charge in [-0.3, -0.25) is 4.79 Å². The molecule has 1 aliphatic carbocycles. The van der Waals surface area contributed by atoms with Crippen LogP contribution in [0.3, 0.4) is 0 Å². The maximum absolute atomic E-state index is 13.0. The summed E-state index contributed by atoms with van der Waals surface area (Å²) in [5.41, 5.74) is 5.73. The molecule has 0 fully saturated rings. The molecular formula is C25H18BrFO3. The zero-order valence-corrected chi connectivity index (χ0v) is 17.7. The van der Waals surface area contributed by atoms with Gasteiger partial charge in [0.15, 0.2) is 0 Å². The molecule has 3 aromatic carbocycles. The Morgan fingerprint density at radius 2 is 1.67 bits per heavy atom. The van der Waals surface area contributed by atoms with Gasteiger partial charge in [-0.1, -0.05) is 40.2 Å². The fourth-order valence-corrected chi connectivity index (χ4v) is 4.18. The molecule has 0 spiro atoms. The molecule has 0 saturated heterocycles. The topological polar surface area (TPSA) is 46.5 Å². The first-order valence-electron chi connectivity index (χ1n) is 9.39. The van der Waals surface area contributed by atoms with Crippen LogP contribution in [0.5, 0.6) is 11.5 Å². The number of carboxylic acids is 1. The zero-order valence-electron chi connectivity index (χ0n) is 16.2. The lowest BCUT2D eigenvalue weighted by atomic mass is 10.0. The fraction of sp³-hybridized carbons (Fsp3) is 0.0800. The first-order chi connectivity index (χ1) is 14.4. The van der Waals surface area contributed by atoms with Crippen molar-refractivity contribution in [2.24, 2.45) is 0 Å². The van der Waals surface area contributed by atoms with Gasteiger partial charge in [-0.25, -0.2) is 4.39 Å². The molecule has 0 aliphatic heterocycles. The summed E-state index contributed by atoms with van der Waals surface area (Å²) >= 11 is 3.61. The van der Waals surface area contributed by atoms with Crippen LogP contribution in [0, 0.1) is 5.82 Å². The van der Waals surface area contributed by atoms with E-state index < -0.39 is 5.97 Å². The molecule has 0 radical (unpaired) electrons. The third-order valence-corrected chi connectivity index (χ3v) is 5.69. The van der Waals surface area contributed by atoms with Gasteiger partial charge < -0.3 is 9.84 Å². The third kappa shape index (κ3) is 4.07. The molecule has 3 aromatic rings. The van der Waals surface area contributed by atoms with Crippen LogP contribution in [0.2, 0.25) is 0 Å². The second-order valence-electron chi connectivity index (χ2n) is 7.02. The molecule has 30 heavy (non-hydrogen) atoms. The Morgan fingerprint density at radius 3 is 2.30 bits per heavy atom. The Morgan fingerprint density at radius 1 is 1.03 bits per heavy atom. The highest BCUT2D eigenvalue weighted by atomic mass is 79.9. The molecule has 1 N–H and O–H groups in total. The molecule has 0 amide bonds. The van der Waals surface area contributed by atoms with E-state index in [9.17, 15) is 14.3 Å². The van der Waals surface area contributed by atoms with Crippen molar-refractivity contribution in [1.82, 2.24) is 0 Å². The van der Waals surface area contributed by atoms with Crippen LogP contribution < -0.4 is 4.74 Å². The Labute approximate surface area is 182 Å². The molecule has 0 atom stereocenters. The van der Waals surface area contributed by atoms with E-state index >= 15 is 0 Å². The number of carboxylic acid groups (broad SMARTS) is 1. The van der Waals surface area contributed by atoms with Gasteiger partial charge in [-0.2, -0.15) is 0 Å². The minimum atomic E-state index is -0.848. The van der Waals surface area contributed by atoms with Gasteiger partial charge in [0, 0.05) is 10.0 Å². The average Bonchev–Trinajstić information content (AvgIpc) is 2.97. The Bertz CT molecular complexity index is 1180. The Kier molecular flexibility index (Phi) is 5.55. The highest BCUT2D eigenvalue weighted by Gasteiger charge is 2.26. The number of rotatable bonds is 5. The van der Waals surface area contributed by atoms with Gasteiger partial charge in [-0.15, -0.1) is 0 Å². The fourth-order valence-electron chi connectivity index (χ4n) is 3.60. The minimum Gasteiger partial charge on any atom is -0.481 e. The van der Waals surface area contributed by atoms with Crippen molar-refractivity contribution >= 4 is 39.1 Å². The van der Waals surface area contributed by atoms with E-state index in [1.807, 2.05) is 49.4 Å². The van der Waals surface area contributed by atoms with Gasteiger partial charge in [0.05, 0.1) is 6.42 Å². The van der Waals surface area contributed by atoms with E-state index in [2.05, 4.69) is 22.0 Å². The van der Waals surface area contributed by atoms with Gasteiger partial charge in [0.2, 0.25) is 0 Å². The first-order valence-corrected chi connectivity index (χ1v) is 10.2. The highest BCUT2D eigenvalue weighted by Crippen LogP contribution is 2.46. The van der Waals surface area contributed by atoms with Gasteiger partial charge in [-0.05, 0) is 83.3 Å². The van der Waals surface area contributed by atoms with E-state index in [0.717, 1.165) is 37.9 Å². The van der Waals surface area contributed by atoms with Crippen LogP contribution >= 0.6 is 15.9 Å². The molecule has 0 unspecified atom stereocenters. The van der Waals surface area contributed by atoms with Crippen LogP contribution in [0.4, 0.5) is 4.39 Å². The molecule has 5 heteroatoms. The van der Waals surface area contributed by atoms with Crippen LogP contribution in [0.25, 0.3) is 17.2 Å². The van der Waals surface area contributed by atoms with Crippen LogP contribution in [0.1, 0.15) is 30.0 Å². The number of fused-ring (bicyclic) bond motifs is 1. The monoisotopic (exact) mass is 464 g/mol. The normalized spacial score (nSPS) is 14.2. The van der Waals surface area contributed by atoms with Crippen molar-refractivity contribution < 1.29 is 19.0 Å². The van der Waals surface area contributed by atoms with Crippen LogP contribution in [-0.4, -0.2) is 11.1 Å². The van der Waals surface area contributed by atoms with Crippen LogP contribution in [0.15, 0.2) is 76.8 Å². The van der Waals surface area contributed by atoms with Crippen molar-refractivity contribution in [1.29, 1.82) is 0 Å². The lowest BCUT2D eigenvalue weighted by molar-refractivity contribution is -0.135. The number of hydrogen-bond acceptors (Lipinski definition) is 2. The quantitative estimate of drug-likeness (QED) is 0.434. The van der Waals surface area contributed by atoms with Crippen LogP contribution in [-0.2, 0) is 4.79 Å². The number of carbonyl (C=O) groups is 1. The summed E-state index contributed by atoms with van der Waals surface area (Å²) < 4.78 is 19.7. The predicted octanol–water partition coefficient (Wildman–Crippen LogP) is 7.18. The summed E-state index contributed by atoms with van der Waals surface area (Å²) in [5.74, 6) is 0.0562. The summed E-state index contributed by atoms with van der Waals surface area (Å²) in [4.78, 5) is 11.4. The minimum absolute atomic E-state index is 0.0168. The highest BCUT2D eigenvalue weighted by molar-refractivity contribution is 9.10. The second-order valence-corrected chi connectivity index (χ2v) is 7.87. The van der Waals surface area contributed by atoms with E-state index in [4.69, 9.17) is 4.74 Å². The molecule has 0 aromatic heterocycles. The maximum Gasteiger partial charge on any atom is 0.307 e. The van der Waals surface area contributed by atoms with Gasteiger partial charge in [0.1, 0.15) is 17.3 Å². The number of aliphatic carboxylic acids is 1. The molecule has 4 rings (SSSR count). The van der Waals surface area contributed by atoms with Crippen molar-refractivity contribution in [2.75, 3.05) is 0 Å². The molecular weight excluding hydrogens is 447 g/mol. The standard InChI is InChI=1S/C25H18BrFO3/c1-15-21(14-24(28)29)20-3-2-4-23(26)25(20)22(15)13-16-5-9-18(10-6-16)30-19-11-7-17(27)8-12-19/h2-13H,14H2,1H3,(H,28,29)/b22-13+. The van der Waals surface area contributed by atoms with Crippen molar-refractivity contribution in [3.63, 3.8) is 0 Å². The van der Waals surface area contributed by atoms with E-state index in [-0.39, 0.29) is 12.2 Å². The number of halogens is 2. The predicted molar refractivity (Wildman–Crippen MR) is 120 cm³/mol. The number of benzene rings is 3. The van der Waals surface area contributed by atoms with E-state index in [0.29, 0.717) is 11.5 Å². The second kappa shape index (κ2) is 8.28. The first kappa shape index (κ1) is 20.1. The number of allylic oxidation sites excluding steroid dienone is 2. The summed E-state index contributed by atoms with van der Waals surface area (Å²) in [7, 11) is 0. The van der Waals surface area contributed by atoms with Gasteiger partial charge in [0.25, 0.3) is 0 Å². The summed E-state index contributed by atoms with van der Waals surface area (Å²) in [6, 6.07) is 19.3. The Hall–Kier alpha value is -3.18. The molecule has 0 heterocycles. The lowest BCUT2D eigenvalue weighted by Crippen LogP contribution is -1.96. The van der Waals surface area contributed by atoms with E-state index in [1.54, 1.807) is 12.1 Å². The number of hydrogen-bond donors (Lipinski definition) is 1. The largest absolute Gasteiger partial charge is 0.481 e. The lowest BCUT2D eigenvalue weighted by Gasteiger charge is -2.08. The smallest absolute Gasteiger partial charge is 0.307 e. The summed E-state index contributed by atoms with van der Waals surface area (Å²) in [6.45, 7) is 1.96. The van der Waals surface area contributed by atoms with Gasteiger partial charge >= 0.3 is 5.97 Å².